The third kappa shape index (κ3) is 3.80. The number of benzene rings is 2. The van der Waals surface area contributed by atoms with Gasteiger partial charge in [-0.1, -0.05) is 36.4 Å². The summed E-state index contributed by atoms with van der Waals surface area (Å²) in [7, 11) is 0. The van der Waals surface area contributed by atoms with E-state index in [-0.39, 0.29) is 30.6 Å². The summed E-state index contributed by atoms with van der Waals surface area (Å²) < 4.78 is 0. The highest BCUT2D eigenvalue weighted by Crippen LogP contribution is 2.31. The molecule has 2 aromatic carbocycles. The normalized spacial score (nSPS) is 18.7. The first-order chi connectivity index (χ1) is 12.0. The van der Waals surface area contributed by atoms with Gasteiger partial charge in [-0.15, -0.1) is 0 Å². The molecule has 4 heteroatoms. The van der Waals surface area contributed by atoms with E-state index in [4.69, 9.17) is 0 Å². The van der Waals surface area contributed by atoms with Crippen LogP contribution in [-0.2, 0) is 11.2 Å². The molecule has 130 valence electrons. The molecule has 0 bridgehead atoms. The van der Waals surface area contributed by atoms with E-state index in [1.54, 1.807) is 6.07 Å². The molecule has 2 aromatic rings. The Hall–Kier alpha value is -2.46. The molecule has 2 atom stereocenters. The number of ketones is 1. The van der Waals surface area contributed by atoms with Gasteiger partial charge in [0.1, 0.15) is 0 Å². The maximum Gasteiger partial charge on any atom is 0.221 e. The average Bonchev–Trinajstić information content (AvgIpc) is 2.91. The number of rotatable bonds is 5. The van der Waals surface area contributed by atoms with Gasteiger partial charge in [0.15, 0.2) is 5.78 Å². The zero-order chi connectivity index (χ0) is 18.0. The van der Waals surface area contributed by atoms with Crippen molar-refractivity contribution in [1.29, 1.82) is 0 Å². The summed E-state index contributed by atoms with van der Waals surface area (Å²) in [5.41, 5.74) is 4.88. The number of aryl methyl sites for hydroxylation is 2. The largest absolute Gasteiger partial charge is 0.390 e. The molecule has 0 aromatic heterocycles. The molecule has 1 aliphatic carbocycles. The number of hydrogen-bond acceptors (Lipinski definition) is 3. The summed E-state index contributed by atoms with van der Waals surface area (Å²) in [4.78, 5) is 24.5. The molecule has 0 saturated carbocycles. The molecule has 2 N–H and O–H groups in total. The van der Waals surface area contributed by atoms with Crippen molar-refractivity contribution in [2.45, 2.75) is 45.3 Å². The van der Waals surface area contributed by atoms with Crippen LogP contribution in [0, 0.1) is 13.8 Å². The fourth-order valence-corrected chi connectivity index (χ4v) is 3.28. The Balaban J connectivity index is 1.58. The Morgan fingerprint density at radius 1 is 1.08 bits per heavy atom. The maximum absolute atomic E-state index is 12.3. The fraction of sp³-hybridized carbons (Fsp3) is 0.333. The van der Waals surface area contributed by atoms with Crippen molar-refractivity contribution in [3.63, 3.8) is 0 Å². The summed E-state index contributed by atoms with van der Waals surface area (Å²) >= 11 is 0. The molecule has 4 nitrogen and oxygen atoms in total. The number of nitrogens with one attached hydrogen (secondary N) is 1. The maximum atomic E-state index is 12.3. The molecule has 0 spiro atoms. The van der Waals surface area contributed by atoms with Crippen LogP contribution in [0.25, 0.3) is 0 Å². The minimum Gasteiger partial charge on any atom is -0.390 e. The number of hydrogen-bond donors (Lipinski definition) is 2. The third-order valence-electron chi connectivity index (χ3n) is 4.93. The van der Waals surface area contributed by atoms with Gasteiger partial charge in [0, 0.05) is 24.8 Å². The Kier molecular flexibility index (Phi) is 5.00. The van der Waals surface area contributed by atoms with Crippen molar-refractivity contribution in [3.8, 4) is 0 Å². The molecule has 3 rings (SSSR count). The van der Waals surface area contributed by atoms with Crippen molar-refractivity contribution in [3.05, 3.63) is 70.3 Å². The van der Waals surface area contributed by atoms with Gasteiger partial charge in [-0.2, -0.15) is 0 Å². The second-order valence-corrected chi connectivity index (χ2v) is 6.74. The van der Waals surface area contributed by atoms with Gasteiger partial charge in [-0.25, -0.2) is 0 Å². The predicted octanol–water partition coefficient (Wildman–Crippen LogP) is 3.04. The lowest BCUT2D eigenvalue weighted by Gasteiger charge is -2.17. The molecule has 0 aliphatic heterocycles. The van der Waals surface area contributed by atoms with Crippen molar-refractivity contribution >= 4 is 11.7 Å². The summed E-state index contributed by atoms with van der Waals surface area (Å²) in [6, 6.07) is 12.9. The van der Waals surface area contributed by atoms with Crippen LogP contribution >= 0.6 is 0 Å². The first-order valence-electron chi connectivity index (χ1n) is 8.61. The van der Waals surface area contributed by atoms with Gasteiger partial charge in [-0.05, 0) is 42.2 Å². The second-order valence-electron chi connectivity index (χ2n) is 6.74. The molecule has 0 heterocycles. The van der Waals surface area contributed by atoms with Gasteiger partial charge in [0.05, 0.1) is 12.1 Å². The number of Topliss-reactive ketones (excluding diaryl/α,β-unsaturated/α-hetero) is 1. The number of amides is 1. The van der Waals surface area contributed by atoms with Crippen LogP contribution in [0.4, 0.5) is 0 Å². The molecule has 0 saturated heterocycles. The van der Waals surface area contributed by atoms with E-state index in [1.807, 2.05) is 50.2 Å². The number of carbonyl (C=O) groups is 2. The number of carbonyl (C=O) groups excluding carboxylic acids is 2. The Labute approximate surface area is 147 Å². The molecule has 0 radical (unpaired) electrons. The summed E-state index contributed by atoms with van der Waals surface area (Å²) in [6.07, 6.45) is 0.218. The van der Waals surface area contributed by atoms with Gasteiger partial charge in [-0.3, -0.25) is 9.59 Å². The monoisotopic (exact) mass is 337 g/mol. The molecule has 1 aliphatic rings. The smallest absolute Gasteiger partial charge is 0.221 e. The van der Waals surface area contributed by atoms with Crippen molar-refractivity contribution in [2.24, 2.45) is 0 Å². The molecule has 0 fully saturated rings. The van der Waals surface area contributed by atoms with E-state index >= 15 is 0 Å². The van der Waals surface area contributed by atoms with Gasteiger partial charge >= 0.3 is 0 Å². The summed E-state index contributed by atoms with van der Waals surface area (Å²) in [6.45, 7) is 3.97. The minimum atomic E-state index is -0.614. The van der Waals surface area contributed by atoms with Crippen LogP contribution in [0.15, 0.2) is 42.5 Å². The van der Waals surface area contributed by atoms with Crippen LogP contribution in [-0.4, -0.2) is 22.9 Å². The van der Waals surface area contributed by atoms with Crippen LogP contribution < -0.4 is 5.32 Å². The summed E-state index contributed by atoms with van der Waals surface area (Å²) in [5.74, 6) is -0.247. The van der Waals surface area contributed by atoms with Crippen molar-refractivity contribution in [2.75, 3.05) is 0 Å². The lowest BCUT2D eigenvalue weighted by Crippen LogP contribution is -2.34. The lowest BCUT2D eigenvalue weighted by molar-refractivity contribution is -0.122. The number of fused-ring (bicyclic) bond motifs is 1. The molecule has 1 amide bonds. The third-order valence-corrected chi connectivity index (χ3v) is 4.93. The second kappa shape index (κ2) is 7.19. The predicted molar refractivity (Wildman–Crippen MR) is 96.5 cm³/mol. The first-order valence-corrected chi connectivity index (χ1v) is 8.61. The highest BCUT2D eigenvalue weighted by Gasteiger charge is 2.31. The van der Waals surface area contributed by atoms with E-state index in [9.17, 15) is 14.7 Å². The van der Waals surface area contributed by atoms with Crippen molar-refractivity contribution in [1.82, 2.24) is 5.32 Å². The Bertz CT molecular complexity index is 813. The Morgan fingerprint density at radius 2 is 1.84 bits per heavy atom. The van der Waals surface area contributed by atoms with Gasteiger partial charge < -0.3 is 10.4 Å². The molecule has 25 heavy (non-hydrogen) atoms. The number of aliphatic hydroxyl groups excluding tert-OH is 1. The van der Waals surface area contributed by atoms with E-state index in [2.05, 4.69) is 5.32 Å². The highest BCUT2D eigenvalue weighted by atomic mass is 16.3. The van der Waals surface area contributed by atoms with E-state index < -0.39 is 6.10 Å². The zero-order valence-electron chi connectivity index (χ0n) is 14.6. The number of aliphatic hydroxyl groups is 1. The van der Waals surface area contributed by atoms with Crippen LogP contribution in [0.5, 0.6) is 0 Å². The SMILES string of the molecule is Cc1ccc(C(=O)CCC(=O)N[C@@H]2c3ccccc3C[C@@H]2O)cc1C. The van der Waals surface area contributed by atoms with E-state index in [0.717, 1.165) is 22.3 Å². The fourth-order valence-electron chi connectivity index (χ4n) is 3.28. The van der Waals surface area contributed by atoms with E-state index in [1.165, 1.54) is 0 Å². The first kappa shape index (κ1) is 17.4. The topological polar surface area (TPSA) is 66.4 Å². The van der Waals surface area contributed by atoms with Crippen LogP contribution in [0.3, 0.4) is 0 Å². The molecular formula is C21H23NO3. The van der Waals surface area contributed by atoms with E-state index in [0.29, 0.717) is 12.0 Å². The lowest BCUT2D eigenvalue weighted by atomic mass is 10.0. The zero-order valence-corrected chi connectivity index (χ0v) is 14.6. The molecule has 0 unspecified atom stereocenters. The summed E-state index contributed by atoms with van der Waals surface area (Å²) in [5, 5.41) is 13.1. The molecular weight excluding hydrogens is 314 g/mol. The van der Waals surface area contributed by atoms with Crippen LogP contribution in [0.2, 0.25) is 0 Å². The highest BCUT2D eigenvalue weighted by molar-refractivity contribution is 5.98. The quantitative estimate of drug-likeness (QED) is 0.824. The average molecular weight is 337 g/mol. The van der Waals surface area contributed by atoms with Crippen LogP contribution in [0.1, 0.15) is 51.5 Å². The standard InChI is InChI=1S/C21H23NO3/c1-13-7-8-16(11-14(13)2)18(23)9-10-20(25)22-21-17-6-4-3-5-15(17)12-19(21)24/h3-8,11,19,21,24H,9-10,12H2,1-2H3,(H,22,25)/t19-,21+/m0/s1. The minimum absolute atomic E-state index is 0.0365. The van der Waals surface area contributed by atoms with Gasteiger partial charge in [0.2, 0.25) is 5.91 Å². The van der Waals surface area contributed by atoms with Crippen molar-refractivity contribution < 1.29 is 14.7 Å². The Morgan fingerprint density at radius 3 is 2.60 bits per heavy atom. The van der Waals surface area contributed by atoms with Gasteiger partial charge in [0.25, 0.3) is 0 Å².